The number of benzene rings is 1. The second-order valence-corrected chi connectivity index (χ2v) is 4.49. The van der Waals surface area contributed by atoms with Crippen LogP contribution in [0.2, 0.25) is 0 Å². The van der Waals surface area contributed by atoms with Gasteiger partial charge < -0.3 is 15.0 Å². The van der Waals surface area contributed by atoms with Gasteiger partial charge in [-0.2, -0.15) is 0 Å². The molecule has 4 nitrogen and oxygen atoms in total. The lowest BCUT2D eigenvalue weighted by Gasteiger charge is -2.05. The fourth-order valence-electron chi connectivity index (χ4n) is 1.55. The Labute approximate surface area is 107 Å². The molecule has 0 aliphatic carbocycles. The smallest absolute Gasteiger partial charge is 0.146 e. The topological polar surface area (TPSA) is 49.9 Å². The van der Waals surface area contributed by atoms with Gasteiger partial charge in [0, 0.05) is 24.5 Å². The summed E-state index contributed by atoms with van der Waals surface area (Å²) in [7, 11) is 0. The van der Waals surface area contributed by atoms with E-state index >= 15 is 0 Å². The van der Waals surface area contributed by atoms with Crippen LogP contribution in [-0.4, -0.2) is 16.0 Å². The quantitative estimate of drug-likeness (QED) is 0.822. The highest BCUT2D eigenvalue weighted by atomic mass is 16.5. The van der Waals surface area contributed by atoms with Crippen molar-refractivity contribution in [1.29, 1.82) is 0 Å². The molecular formula is C14H19N3O. The maximum absolute atomic E-state index is 5.62. The number of hydrogen-bond donors (Lipinski definition) is 2. The lowest BCUT2D eigenvalue weighted by molar-refractivity contribution is 0.297. The molecule has 0 saturated heterocycles. The molecular weight excluding hydrogens is 226 g/mol. The molecule has 1 aromatic carbocycles. The molecule has 0 radical (unpaired) electrons. The molecule has 4 heteroatoms. The van der Waals surface area contributed by atoms with E-state index in [9.17, 15) is 0 Å². The molecule has 2 rings (SSSR count). The van der Waals surface area contributed by atoms with E-state index in [2.05, 4.69) is 29.1 Å². The maximum Gasteiger partial charge on any atom is 0.146 e. The van der Waals surface area contributed by atoms with E-state index in [1.807, 2.05) is 36.5 Å². The van der Waals surface area contributed by atoms with Gasteiger partial charge >= 0.3 is 0 Å². The molecule has 2 N–H and O–H groups in total. The molecule has 0 fully saturated rings. The first kappa shape index (κ1) is 12.6. The number of rotatable bonds is 6. The van der Waals surface area contributed by atoms with Crippen molar-refractivity contribution < 1.29 is 4.74 Å². The molecule has 96 valence electrons. The van der Waals surface area contributed by atoms with Crippen molar-refractivity contribution in [2.24, 2.45) is 0 Å². The highest BCUT2D eigenvalue weighted by Gasteiger charge is 2.02. The predicted octanol–water partition coefficient (Wildman–Crippen LogP) is 2.49. The van der Waals surface area contributed by atoms with Crippen molar-refractivity contribution in [1.82, 2.24) is 15.3 Å². The first-order chi connectivity index (χ1) is 8.74. The van der Waals surface area contributed by atoms with Gasteiger partial charge in [-0.05, 0) is 12.1 Å². The van der Waals surface area contributed by atoms with Crippen LogP contribution in [0.4, 0.5) is 0 Å². The zero-order valence-corrected chi connectivity index (χ0v) is 10.8. The Kier molecular flexibility index (Phi) is 4.36. The van der Waals surface area contributed by atoms with E-state index in [0.29, 0.717) is 12.6 Å². The average molecular weight is 245 g/mol. The Balaban J connectivity index is 1.83. The Morgan fingerprint density at radius 2 is 2.06 bits per heavy atom. The minimum absolute atomic E-state index is 0.464. The minimum atomic E-state index is 0.464. The number of nitrogens with zero attached hydrogens (tertiary/aromatic N) is 1. The Morgan fingerprint density at radius 3 is 2.78 bits per heavy atom. The van der Waals surface area contributed by atoms with E-state index in [-0.39, 0.29) is 0 Å². The highest BCUT2D eigenvalue weighted by Crippen LogP contribution is 2.10. The first-order valence-corrected chi connectivity index (χ1v) is 6.18. The van der Waals surface area contributed by atoms with Gasteiger partial charge in [0.1, 0.15) is 18.2 Å². The molecule has 1 heterocycles. The summed E-state index contributed by atoms with van der Waals surface area (Å²) in [6.45, 7) is 5.51. The summed E-state index contributed by atoms with van der Waals surface area (Å²) in [4.78, 5) is 7.53. The summed E-state index contributed by atoms with van der Waals surface area (Å²) in [5, 5.41) is 3.34. The molecule has 2 aromatic rings. The van der Waals surface area contributed by atoms with Crippen molar-refractivity contribution >= 4 is 0 Å². The number of nitrogens with one attached hydrogen (secondary N) is 2. The number of imidazole rings is 1. The Bertz CT molecular complexity index is 465. The standard InChI is InChI=1S/C14H19N3O/c1-11(2)15-8-12-9-16-14(17-12)10-18-13-6-4-3-5-7-13/h3-7,9,11,15H,8,10H2,1-2H3,(H,16,17). The fraction of sp³-hybridized carbons (Fsp3) is 0.357. The van der Waals surface area contributed by atoms with Gasteiger partial charge in [0.15, 0.2) is 0 Å². The van der Waals surface area contributed by atoms with Gasteiger partial charge in [0.2, 0.25) is 0 Å². The molecule has 0 saturated carbocycles. The van der Waals surface area contributed by atoms with Gasteiger partial charge in [0.05, 0.1) is 0 Å². The van der Waals surface area contributed by atoms with Crippen LogP contribution in [-0.2, 0) is 13.2 Å². The van der Waals surface area contributed by atoms with E-state index in [0.717, 1.165) is 23.8 Å². The summed E-state index contributed by atoms with van der Waals surface area (Å²) in [5.41, 5.74) is 1.08. The highest BCUT2D eigenvalue weighted by molar-refractivity contribution is 5.21. The molecule has 0 aliphatic heterocycles. The molecule has 18 heavy (non-hydrogen) atoms. The second kappa shape index (κ2) is 6.21. The van der Waals surface area contributed by atoms with E-state index < -0.39 is 0 Å². The first-order valence-electron chi connectivity index (χ1n) is 6.18. The van der Waals surface area contributed by atoms with Gasteiger partial charge in [-0.1, -0.05) is 32.0 Å². The second-order valence-electron chi connectivity index (χ2n) is 4.49. The SMILES string of the molecule is CC(C)NCc1cnc(COc2ccccc2)[nH]1. The van der Waals surface area contributed by atoms with Crippen molar-refractivity contribution in [3.05, 3.63) is 48.0 Å². The number of hydrogen-bond acceptors (Lipinski definition) is 3. The van der Waals surface area contributed by atoms with Crippen LogP contribution in [0.15, 0.2) is 36.5 Å². The van der Waals surface area contributed by atoms with E-state index in [1.165, 1.54) is 0 Å². The molecule has 1 aromatic heterocycles. The summed E-state index contributed by atoms with van der Waals surface area (Å²) in [6.07, 6.45) is 1.85. The van der Waals surface area contributed by atoms with Crippen molar-refractivity contribution in [2.75, 3.05) is 0 Å². The van der Waals surface area contributed by atoms with Crippen LogP contribution in [0.5, 0.6) is 5.75 Å². The van der Waals surface area contributed by atoms with Crippen LogP contribution >= 0.6 is 0 Å². The zero-order chi connectivity index (χ0) is 12.8. The molecule has 0 unspecified atom stereocenters. The molecule has 0 bridgehead atoms. The van der Waals surface area contributed by atoms with E-state index in [1.54, 1.807) is 0 Å². The Morgan fingerprint density at radius 1 is 1.28 bits per heavy atom. The zero-order valence-electron chi connectivity index (χ0n) is 10.8. The molecule has 0 amide bonds. The van der Waals surface area contributed by atoms with Crippen LogP contribution in [0.1, 0.15) is 25.4 Å². The number of ether oxygens (including phenoxy) is 1. The lowest BCUT2D eigenvalue weighted by Crippen LogP contribution is -2.21. The number of aromatic amines is 1. The molecule has 0 spiro atoms. The number of aromatic nitrogens is 2. The maximum atomic E-state index is 5.62. The summed E-state index contributed by atoms with van der Waals surface area (Å²) >= 11 is 0. The lowest BCUT2D eigenvalue weighted by atomic mass is 10.3. The summed E-state index contributed by atoms with van der Waals surface area (Å²) in [6, 6.07) is 10.2. The average Bonchev–Trinajstić information content (AvgIpc) is 2.83. The fourth-order valence-corrected chi connectivity index (χ4v) is 1.55. The third-order valence-electron chi connectivity index (χ3n) is 2.50. The van der Waals surface area contributed by atoms with Gasteiger partial charge in [-0.15, -0.1) is 0 Å². The largest absolute Gasteiger partial charge is 0.486 e. The van der Waals surface area contributed by atoms with Crippen molar-refractivity contribution in [2.45, 2.75) is 33.0 Å². The third-order valence-corrected chi connectivity index (χ3v) is 2.50. The molecule has 0 atom stereocenters. The Hall–Kier alpha value is -1.81. The number of para-hydroxylation sites is 1. The van der Waals surface area contributed by atoms with Crippen LogP contribution in [0.3, 0.4) is 0 Å². The predicted molar refractivity (Wildman–Crippen MR) is 71.3 cm³/mol. The monoisotopic (exact) mass is 245 g/mol. The van der Waals surface area contributed by atoms with Gasteiger partial charge in [0.25, 0.3) is 0 Å². The van der Waals surface area contributed by atoms with E-state index in [4.69, 9.17) is 4.74 Å². The van der Waals surface area contributed by atoms with Crippen LogP contribution in [0, 0.1) is 0 Å². The number of H-pyrrole nitrogens is 1. The normalized spacial score (nSPS) is 10.8. The van der Waals surface area contributed by atoms with Crippen molar-refractivity contribution in [3.8, 4) is 5.75 Å². The minimum Gasteiger partial charge on any atom is -0.486 e. The molecule has 0 aliphatic rings. The summed E-state index contributed by atoms with van der Waals surface area (Å²) in [5.74, 6) is 1.70. The van der Waals surface area contributed by atoms with Crippen molar-refractivity contribution in [3.63, 3.8) is 0 Å². The van der Waals surface area contributed by atoms with Gasteiger partial charge in [-0.3, -0.25) is 0 Å². The third kappa shape index (κ3) is 3.89. The summed E-state index contributed by atoms with van der Waals surface area (Å²) < 4.78 is 5.62. The van der Waals surface area contributed by atoms with Gasteiger partial charge in [-0.25, -0.2) is 4.98 Å². The van der Waals surface area contributed by atoms with Crippen LogP contribution in [0.25, 0.3) is 0 Å². The van der Waals surface area contributed by atoms with Crippen LogP contribution < -0.4 is 10.1 Å².